The third-order valence-electron chi connectivity index (χ3n) is 2.85. The third-order valence-corrected chi connectivity index (χ3v) is 2.85. The third kappa shape index (κ3) is 1.46. The van der Waals surface area contributed by atoms with Gasteiger partial charge in [0.2, 0.25) is 6.39 Å². The maximum atomic E-state index is 6.22. The molecule has 1 atom stereocenters. The van der Waals surface area contributed by atoms with Gasteiger partial charge in [0.1, 0.15) is 0 Å². The molecule has 13 heavy (non-hydrogen) atoms. The summed E-state index contributed by atoms with van der Waals surface area (Å²) in [7, 11) is 0. The molecule has 0 saturated heterocycles. The van der Waals surface area contributed by atoms with E-state index in [1.165, 1.54) is 6.39 Å². The van der Waals surface area contributed by atoms with E-state index < -0.39 is 0 Å². The van der Waals surface area contributed by atoms with Crippen molar-refractivity contribution in [1.29, 1.82) is 0 Å². The molecule has 72 valence electrons. The second kappa shape index (κ2) is 2.54. The van der Waals surface area contributed by atoms with Crippen LogP contribution in [-0.4, -0.2) is 10.1 Å². The van der Waals surface area contributed by atoms with Crippen LogP contribution in [0.4, 0.5) is 0 Å². The molecule has 1 aliphatic rings. The number of nitrogens with zero attached hydrogens (tertiary/aromatic N) is 2. The van der Waals surface area contributed by atoms with Crippen LogP contribution in [0, 0.1) is 5.41 Å². The van der Waals surface area contributed by atoms with Crippen LogP contribution >= 0.6 is 0 Å². The maximum absolute atomic E-state index is 6.22. The van der Waals surface area contributed by atoms with E-state index in [1.54, 1.807) is 0 Å². The van der Waals surface area contributed by atoms with Crippen LogP contribution in [-0.2, 0) is 5.54 Å². The molecule has 1 heterocycles. The van der Waals surface area contributed by atoms with E-state index in [0.717, 1.165) is 19.3 Å². The fraction of sp³-hybridized carbons (Fsp3) is 0.778. The highest BCUT2D eigenvalue weighted by Crippen LogP contribution is 2.46. The largest absolute Gasteiger partial charge is 0.343 e. The summed E-state index contributed by atoms with van der Waals surface area (Å²) in [6.45, 7) is 4.45. The maximum Gasteiger partial charge on any atom is 0.213 e. The molecule has 0 aliphatic heterocycles. The molecule has 1 aromatic heterocycles. The van der Waals surface area contributed by atoms with E-state index in [-0.39, 0.29) is 5.54 Å². The van der Waals surface area contributed by atoms with E-state index in [9.17, 15) is 0 Å². The van der Waals surface area contributed by atoms with Crippen LogP contribution in [0.1, 0.15) is 38.9 Å². The van der Waals surface area contributed by atoms with Gasteiger partial charge in [-0.25, -0.2) is 0 Å². The highest BCUT2D eigenvalue weighted by atomic mass is 16.5. The first-order valence-corrected chi connectivity index (χ1v) is 4.58. The van der Waals surface area contributed by atoms with Crippen molar-refractivity contribution in [3.05, 3.63) is 12.2 Å². The zero-order valence-corrected chi connectivity index (χ0v) is 8.08. The Morgan fingerprint density at radius 3 is 2.69 bits per heavy atom. The Morgan fingerprint density at radius 2 is 2.23 bits per heavy atom. The summed E-state index contributed by atoms with van der Waals surface area (Å²) in [4.78, 5) is 4.03. The van der Waals surface area contributed by atoms with Crippen molar-refractivity contribution in [3.63, 3.8) is 0 Å². The molecule has 0 bridgehead atoms. The topological polar surface area (TPSA) is 64.9 Å². The van der Waals surface area contributed by atoms with Gasteiger partial charge in [-0.15, -0.1) is 0 Å². The molecule has 4 heteroatoms. The van der Waals surface area contributed by atoms with Gasteiger partial charge in [-0.1, -0.05) is 19.0 Å². The highest BCUT2D eigenvalue weighted by molar-refractivity contribution is 5.08. The minimum atomic E-state index is -0.365. The molecule has 2 N–H and O–H groups in total. The van der Waals surface area contributed by atoms with Crippen molar-refractivity contribution in [2.75, 3.05) is 0 Å². The molecule has 1 unspecified atom stereocenters. The van der Waals surface area contributed by atoms with Crippen molar-refractivity contribution in [2.24, 2.45) is 11.1 Å². The van der Waals surface area contributed by atoms with Crippen LogP contribution in [0.15, 0.2) is 10.9 Å². The molecule has 1 fully saturated rings. The predicted molar refractivity (Wildman–Crippen MR) is 47.8 cm³/mol. The average Bonchev–Trinajstić information content (AvgIpc) is 2.58. The van der Waals surface area contributed by atoms with Crippen LogP contribution in [0.25, 0.3) is 0 Å². The zero-order chi connectivity index (χ0) is 9.53. The molecule has 1 aliphatic carbocycles. The predicted octanol–water partition coefficient (Wildman–Crippen LogP) is 1.43. The second-order valence-electron chi connectivity index (χ2n) is 4.75. The number of nitrogens with two attached hydrogens (primary N) is 1. The summed E-state index contributed by atoms with van der Waals surface area (Å²) >= 11 is 0. The molecule has 0 amide bonds. The zero-order valence-electron chi connectivity index (χ0n) is 8.08. The van der Waals surface area contributed by atoms with Crippen molar-refractivity contribution in [3.8, 4) is 0 Å². The minimum absolute atomic E-state index is 0.301. The SMILES string of the molecule is CC1(C)CCC(N)(c2ncon2)C1. The number of hydrogen-bond acceptors (Lipinski definition) is 4. The lowest BCUT2D eigenvalue weighted by atomic mass is 9.88. The fourth-order valence-corrected chi connectivity index (χ4v) is 2.17. The Morgan fingerprint density at radius 1 is 1.46 bits per heavy atom. The molecule has 4 nitrogen and oxygen atoms in total. The average molecular weight is 181 g/mol. The van der Waals surface area contributed by atoms with E-state index in [1.807, 2.05) is 0 Å². The molecule has 0 aromatic carbocycles. The van der Waals surface area contributed by atoms with Crippen molar-refractivity contribution < 1.29 is 4.52 Å². The van der Waals surface area contributed by atoms with Crippen LogP contribution in [0.3, 0.4) is 0 Å². The molecule has 0 radical (unpaired) electrons. The number of hydrogen-bond donors (Lipinski definition) is 1. The van der Waals surface area contributed by atoms with E-state index >= 15 is 0 Å². The first kappa shape index (κ1) is 8.69. The summed E-state index contributed by atoms with van der Waals surface area (Å²) in [6.07, 6.45) is 4.34. The summed E-state index contributed by atoms with van der Waals surface area (Å²) < 4.78 is 4.72. The smallest absolute Gasteiger partial charge is 0.213 e. The number of rotatable bonds is 1. The lowest BCUT2D eigenvalue weighted by Crippen LogP contribution is -2.35. The monoisotopic (exact) mass is 181 g/mol. The summed E-state index contributed by atoms with van der Waals surface area (Å²) in [5.74, 6) is 0.651. The van der Waals surface area contributed by atoms with Crippen LogP contribution in [0.2, 0.25) is 0 Å². The standard InChI is InChI=1S/C9H15N3O/c1-8(2)3-4-9(10,5-8)7-11-6-13-12-7/h6H,3-5,10H2,1-2H3. The second-order valence-corrected chi connectivity index (χ2v) is 4.75. The quantitative estimate of drug-likeness (QED) is 0.711. The van der Waals surface area contributed by atoms with Crippen LogP contribution < -0.4 is 5.73 Å². The molecule has 2 rings (SSSR count). The van der Waals surface area contributed by atoms with Gasteiger partial charge in [0.15, 0.2) is 5.82 Å². The van der Waals surface area contributed by atoms with Gasteiger partial charge in [0, 0.05) is 0 Å². The first-order valence-electron chi connectivity index (χ1n) is 4.58. The van der Waals surface area contributed by atoms with E-state index in [0.29, 0.717) is 11.2 Å². The first-order chi connectivity index (χ1) is 6.02. The Hall–Kier alpha value is -0.900. The Balaban J connectivity index is 2.25. The summed E-state index contributed by atoms with van der Waals surface area (Å²) in [6, 6.07) is 0. The van der Waals surface area contributed by atoms with E-state index in [4.69, 9.17) is 10.3 Å². The van der Waals surface area contributed by atoms with Gasteiger partial charge in [-0.05, 0) is 24.7 Å². The van der Waals surface area contributed by atoms with Gasteiger partial charge in [0.25, 0.3) is 0 Å². The normalized spacial score (nSPS) is 32.2. The van der Waals surface area contributed by atoms with Crippen LogP contribution in [0.5, 0.6) is 0 Å². The summed E-state index contributed by atoms with van der Waals surface area (Å²) in [5, 5.41) is 3.82. The molecule has 1 aromatic rings. The van der Waals surface area contributed by atoms with Gasteiger partial charge in [-0.3, -0.25) is 0 Å². The van der Waals surface area contributed by atoms with Gasteiger partial charge in [0.05, 0.1) is 5.54 Å². The molecular formula is C9H15N3O. The lowest BCUT2D eigenvalue weighted by Gasteiger charge is -2.22. The van der Waals surface area contributed by atoms with Crippen molar-refractivity contribution in [1.82, 2.24) is 10.1 Å². The lowest BCUT2D eigenvalue weighted by molar-refractivity contribution is 0.318. The van der Waals surface area contributed by atoms with Crippen molar-refractivity contribution >= 4 is 0 Å². The molecular weight excluding hydrogens is 166 g/mol. The molecule has 1 saturated carbocycles. The van der Waals surface area contributed by atoms with Gasteiger partial charge < -0.3 is 10.3 Å². The Bertz CT molecular complexity index is 294. The Labute approximate surface area is 77.5 Å². The minimum Gasteiger partial charge on any atom is -0.343 e. The summed E-state index contributed by atoms with van der Waals surface area (Å²) in [5.41, 5.74) is 6.15. The number of aromatic nitrogens is 2. The fourth-order valence-electron chi connectivity index (χ4n) is 2.17. The van der Waals surface area contributed by atoms with Gasteiger partial charge >= 0.3 is 0 Å². The highest BCUT2D eigenvalue weighted by Gasteiger charge is 2.44. The van der Waals surface area contributed by atoms with Gasteiger partial charge in [-0.2, -0.15) is 4.98 Å². The van der Waals surface area contributed by atoms with E-state index in [2.05, 4.69) is 24.0 Å². The molecule has 0 spiro atoms. The van der Waals surface area contributed by atoms with Crippen molar-refractivity contribution in [2.45, 2.75) is 38.6 Å². The Kier molecular flexibility index (Phi) is 1.70.